The fourth-order valence-corrected chi connectivity index (χ4v) is 2.17. The lowest BCUT2D eigenvalue weighted by atomic mass is 10.2. The Balaban J connectivity index is 1.96. The number of hydrogen-bond donors (Lipinski definition) is 2. The number of rotatable bonds is 4. The SMILES string of the molecule is C[C@H](NC(=O)c1cccs1)C(=O)Nc1ccccc1F. The maximum absolute atomic E-state index is 13.4. The van der Waals surface area contributed by atoms with Gasteiger partial charge in [-0.05, 0) is 30.5 Å². The zero-order valence-corrected chi connectivity index (χ0v) is 11.5. The zero-order valence-electron chi connectivity index (χ0n) is 10.7. The molecule has 4 nitrogen and oxygen atoms in total. The first-order valence-corrected chi connectivity index (χ1v) is 6.85. The van der Waals surface area contributed by atoms with Gasteiger partial charge in [-0.15, -0.1) is 11.3 Å². The normalized spacial score (nSPS) is 11.7. The van der Waals surface area contributed by atoms with Crippen molar-refractivity contribution < 1.29 is 14.0 Å². The van der Waals surface area contributed by atoms with Gasteiger partial charge < -0.3 is 10.6 Å². The van der Waals surface area contributed by atoms with Gasteiger partial charge in [0.1, 0.15) is 11.9 Å². The predicted octanol–water partition coefficient (Wildman–Crippen LogP) is 2.64. The van der Waals surface area contributed by atoms with Crippen LogP contribution in [-0.4, -0.2) is 17.9 Å². The number of anilines is 1. The van der Waals surface area contributed by atoms with E-state index in [-0.39, 0.29) is 11.6 Å². The van der Waals surface area contributed by atoms with E-state index in [1.54, 1.807) is 30.5 Å². The second-order valence-electron chi connectivity index (χ2n) is 4.14. The van der Waals surface area contributed by atoms with Gasteiger partial charge in [-0.2, -0.15) is 0 Å². The molecule has 1 atom stereocenters. The summed E-state index contributed by atoms with van der Waals surface area (Å²) in [6.45, 7) is 1.54. The minimum absolute atomic E-state index is 0.0923. The van der Waals surface area contributed by atoms with Crippen LogP contribution in [0.1, 0.15) is 16.6 Å². The van der Waals surface area contributed by atoms with Crippen LogP contribution in [0.4, 0.5) is 10.1 Å². The van der Waals surface area contributed by atoms with Crippen LogP contribution in [0, 0.1) is 5.82 Å². The number of halogens is 1. The van der Waals surface area contributed by atoms with Crippen molar-refractivity contribution in [3.8, 4) is 0 Å². The van der Waals surface area contributed by atoms with E-state index in [4.69, 9.17) is 0 Å². The largest absolute Gasteiger partial charge is 0.340 e. The van der Waals surface area contributed by atoms with E-state index in [2.05, 4.69) is 10.6 Å². The predicted molar refractivity (Wildman–Crippen MR) is 76.3 cm³/mol. The molecule has 0 radical (unpaired) electrons. The van der Waals surface area contributed by atoms with Crippen molar-refractivity contribution in [2.24, 2.45) is 0 Å². The molecular formula is C14H13FN2O2S. The quantitative estimate of drug-likeness (QED) is 0.910. The number of nitrogens with one attached hydrogen (secondary N) is 2. The third kappa shape index (κ3) is 3.42. The Hall–Kier alpha value is -2.21. The lowest BCUT2D eigenvalue weighted by Gasteiger charge is -2.13. The number of benzene rings is 1. The third-order valence-corrected chi connectivity index (χ3v) is 3.49. The Labute approximate surface area is 119 Å². The first-order chi connectivity index (χ1) is 9.58. The number of hydrogen-bond acceptors (Lipinski definition) is 3. The number of thiophene rings is 1. The Kier molecular flexibility index (Phi) is 4.47. The van der Waals surface area contributed by atoms with Crippen LogP contribution < -0.4 is 10.6 Å². The van der Waals surface area contributed by atoms with Crippen LogP contribution in [0.25, 0.3) is 0 Å². The second-order valence-corrected chi connectivity index (χ2v) is 5.09. The highest BCUT2D eigenvalue weighted by Crippen LogP contribution is 2.13. The van der Waals surface area contributed by atoms with Gasteiger partial charge in [-0.3, -0.25) is 9.59 Å². The fraction of sp³-hybridized carbons (Fsp3) is 0.143. The molecule has 2 amide bonds. The molecule has 1 aromatic heterocycles. The van der Waals surface area contributed by atoms with Crippen molar-refractivity contribution in [1.29, 1.82) is 0 Å². The molecule has 2 rings (SSSR count). The van der Waals surface area contributed by atoms with Gasteiger partial charge in [0.2, 0.25) is 5.91 Å². The van der Waals surface area contributed by atoms with E-state index < -0.39 is 17.8 Å². The summed E-state index contributed by atoms with van der Waals surface area (Å²) < 4.78 is 13.4. The Morgan fingerprint density at radius 1 is 1.20 bits per heavy atom. The Morgan fingerprint density at radius 2 is 1.95 bits per heavy atom. The van der Waals surface area contributed by atoms with Crippen LogP contribution in [0.15, 0.2) is 41.8 Å². The van der Waals surface area contributed by atoms with Crippen LogP contribution in [0.3, 0.4) is 0 Å². The molecule has 0 fully saturated rings. The highest BCUT2D eigenvalue weighted by molar-refractivity contribution is 7.12. The molecule has 1 heterocycles. The van der Waals surface area contributed by atoms with E-state index in [0.717, 1.165) is 0 Å². The lowest BCUT2D eigenvalue weighted by Crippen LogP contribution is -2.41. The molecule has 2 N–H and O–H groups in total. The van der Waals surface area contributed by atoms with Gasteiger partial charge in [0.05, 0.1) is 10.6 Å². The summed E-state index contributed by atoms with van der Waals surface area (Å²) in [7, 11) is 0. The smallest absolute Gasteiger partial charge is 0.261 e. The number of para-hydroxylation sites is 1. The van der Waals surface area contributed by atoms with Crippen molar-refractivity contribution >= 4 is 28.8 Å². The van der Waals surface area contributed by atoms with Crippen molar-refractivity contribution in [3.63, 3.8) is 0 Å². The number of carbonyl (C=O) groups excluding carboxylic acids is 2. The van der Waals surface area contributed by atoms with E-state index >= 15 is 0 Å². The molecule has 0 spiro atoms. The standard InChI is InChI=1S/C14H13FN2O2S/c1-9(16-14(19)12-7-4-8-20-12)13(18)17-11-6-3-2-5-10(11)15/h2-9H,1H3,(H,16,19)(H,17,18)/t9-/m0/s1. The van der Waals surface area contributed by atoms with Gasteiger partial charge in [0, 0.05) is 0 Å². The van der Waals surface area contributed by atoms with Gasteiger partial charge in [-0.25, -0.2) is 4.39 Å². The van der Waals surface area contributed by atoms with Gasteiger partial charge in [0.25, 0.3) is 5.91 Å². The minimum atomic E-state index is -0.760. The first kappa shape index (κ1) is 14.2. The number of amides is 2. The fourth-order valence-electron chi connectivity index (χ4n) is 1.54. The maximum Gasteiger partial charge on any atom is 0.261 e. The summed E-state index contributed by atoms with van der Waals surface area (Å²) in [6, 6.07) is 8.53. The van der Waals surface area contributed by atoms with E-state index in [1.165, 1.54) is 29.5 Å². The van der Waals surface area contributed by atoms with Crippen molar-refractivity contribution in [1.82, 2.24) is 5.32 Å². The summed E-state index contributed by atoms with van der Waals surface area (Å²) in [4.78, 5) is 24.2. The van der Waals surface area contributed by atoms with Crippen molar-refractivity contribution in [3.05, 3.63) is 52.5 Å². The zero-order chi connectivity index (χ0) is 14.5. The van der Waals surface area contributed by atoms with Crippen LogP contribution in [-0.2, 0) is 4.79 Å². The molecule has 0 saturated carbocycles. The molecule has 20 heavy (non-hydrogen) atoms. The second kappa shape index (κ2) is 6.29. The van der Waals surface area contributed by atoms with Gasteiger partial charge >= 0.3 is 0 Å². The molecule has 0 saturated heterocycles. The molecule has 1 aromatic carbocycles. The Bertz CT molecular complexity index is 613. The third-order valence-electron chi connectivity index (χ3n) is 2.62. The summed E-state index contributed by atoms with van der Waals surface area (Å²) in [6.07, 6.45) is 0. The molecule has 0 aliphatic rings. The summed E-state index contributed by atoms with van der Waals surface area (Å²) in [5.41, 5.74) is 0.0923. The average Bonchev–Trinajstić information content (AvgIpc) is 2.95. The summed E-state index contributed by atoms with van der Waals surface area (Å²) >= 11 is 1.29. The molecule has 6 heteroatoms. The average molecular weight is 292 g/mol. The summed E-state index contributed by atoms with van der Waals surface area (Å²) in [5, 5.41) is 6.77. The molecule has 0 aliphatic carbocycles. The van der Waals surface area contributed by atoms with E-state index in [9.17, 15) is 14.0 Å². The monoisotopic (exact) mass is 292 g/mol. The number of carbonyl (C=O) groups is 2. The molecular weight excluding hydrogens is 279 g/mol. The van der Waals surface area contributed by atoms with Gasteiger partial charge in [0.15, 0.2) is 0 Å². The molecule has 0 aliphatic heterocycles. The highest BCUT2D eigenvalue weighted by Gasteiger charge is 2.18. The molecule has 0 bridgehead atoms. The Morgan fingerprint density at radius 3 is 2.60 bits per heavy atom. The molecule has 0 unspecified atom stereocenters. The van der Waals surface area contributed by atoms with Crippen LogP contribution >= 0.6 is 11.3 Å². The summed E-state index contributed by atoms with van der Waals surface area (Å²) in [5.74, 6) is -1.31. The van der Waals surface area contributed by atoms with Crippen molar-refractivity contribution in [2.75, 3.05) is 5.32 Å². The van der Waals surface area contributed by atoms with Crippen LogP contribution in [0.2, 0.25) is 0 Å². The van der Waals surface area contributed by atoms with E-state index in [0.29, 0.717) is 4.88 Å². The lowest BCUT2D eigenvalue weighted by molar-refractivity contribution is -0.117. The minimum Gasteiger partial charge on any atom is -0.340 e. The van der Waals surface area contributed by atoms with Crippen molar-refractivity contribution in [2.45, 2.75) is 13.0 Å². The molecule has 2 aromatic rings. The highest BCUT2D eigenvalue weighted by atomic mass is 32.1. The van der Waals surface area contributed by atoms with E-state index in [1.807, 2.05) is 0 Å². The van der Waals surface area contributed by atoms with Gasteiger partial charge in [-0.1, -0.05) is 18.2 Å². The maximum atomic E-state index is 13.4. The topological polar surface area (TPSA) is 58.2 Å². The molecule has 104 valence electrons. The first-order valence-electron chi connectivity index (χ1n) is 5.97. The van der Waals surface area contributed by atoms with Crippen LogP contribution in [0.5, 0.6) is 0 Å².